The molecule has 4 heteroatoms. The van der Waals surface area contributed by atoms with Crippen molar-refractivity contribution >= 4 is 0 Å². The Morgan fingerprint density at radius 1 is 0.909 bits per heavy atom. The van der Waals surface area contributed by atoms with Gasteiger partial charge < -0.3 is 10.4 Å². The minimum Gasteiger partial charge on any atom is -0.392 e. The lowest BCUT2D eigenvalue weighted by molar-refractivity contribution is 0.282. The first-order valence-corrected chi connectivity index (χ1v) is 11.2. The molecule has 0 fully saturated rings. The molecular weight excluding hydrogens is 416 g/mol. The van der Waals surface area contributed by atoms with Gasteiger partial charge in [-0.15, -0.1) is 6.58 Å². The predicted molar refractivity (Wildman–Crippen MR) is 138 cm³/mol. The maximum atomic E-state index is 11.9. The summed E-state index contributed by atoms with van der Waals surface area (Å²) >= 11 is 0. The Labute approximate surface area is 199 Å². The molecule has 0 bridgehead atoms. The number of unbranched alkanes of at least 4 members (excludes halogenated alkanes) is 1. The molecule has 33 heavy (non-hydrogen) atoms. The van der Waals surface area contributed by atoms with Crippen LogP contribution in [0.4, 0.5) is 8.78 Å². The van der Waals surface area contributed by atoms with Gasteiger partial charge in [-0.25, -0.2) is 8.78 Å². The number of allylic oxidation sites excluding steroid dienone is 1. The van der Waals surface area contributed by atoms with Crippen molar-refractivity contribution in [3.63, 3.8) is 0 Å². The van der Waals surface area contributed by atoms with Crippen molar-refractivity contribution < 1.29 is 13.9 Å². The van der Waals surface area contributed by atoms with Crippen molar-refractivity contribution in [2.45, 2.75) is 46.6 Å². The number of aryl methyl sites for hydroxylation is 2. The quantitative estimate of drug-likeness (QED) is 0.391. The molecule has 3 aromatic rings. The second kappa shape index (κ2) is 18.7. The van der Waals surface area contributed by atoms with Gasteiger partial charge in [-0.05, 0) is 80.7 Å². The fourth-order valence-corrected chi connectivity index (χ4v) is 2.91. The van der Waals surface area contributed by atoms with E-state index < -0.39 is 11.6 Å². The van der Waals surface area contributed by atoms with E-state index in [0.29, 0.717) is 0 Å². The second-order valence-corrected chi connectivity index (χ2v) is 7.41. The summed E-state index contributed by atoms with van der Waals surface area (Å²) in [5.74, 6) is -1.07. The topological polar surface area (TPSA) is 32.3 Å². The lowest BCUT2D eigenvalue weighted by Gasteiger charge is -2.11. The lowest BCUT2D eigenvalue weighted by atomic mass is 9.95. The Morgan fingerprint density at radius 2 is 1.48 bits per heavy atom. The van der Waals surface area contributed by atoms with Crippen molar-refractivity contribution in [3.05, 3.63) is 108 Å². The minimum absolute atomic E-state index is 0.0901. The predicted octanol–water partition coefficient (Wildman–Crippen LogP) is 7.49. The van der Waals surface area contributed by atoms with Crippen LogP contribution in [-0.2, 0) is 13.0 Å². The van der Waals surface area contributed by atoms with E-state index >= 15 is 0 Å². The number of hydrogen-bond donors (Lipinski definition) is 2. The summed E-state index contributed by atoms with van der Waals surface area (Å²) in [6.45, 7) is 9.74. The summed E-state index contributed by atoms with van der Waals surface area (Å²) in [4.78, 5) is 0. The third-order valence-electron chi connectivity index (χ3n) is 4.43. The van der Waals surface area contributed by atoms with Crippen LogP contribution in [-0.4, -0.2) is 19.2 Å². The van der Waals surface area contributed by atoms with Gasteiger partial charge in [0.15, 0.2) is 0 Å². The largest absolute Gasteiger partial charge is 0.392 e. The summed E-state index contributed by atoms with van der Waals surface area (Å²) in [5.41, 5.74) is 6.10. The number of benzene rings is 3. The zero-order valence-corrected chi connectivity index (χ0v) is 20.7. The molecule has 0 aromatic heterocycles. The van der Waals surface area contributed by atoms with Gasteiger partial charge in [0, 0.05) is 6.07 Å². The Balaban J connectivity index is 0.000000602. The first-order chi connectivity index (χ1) is 15.9. The Hall–Kier alpha value is -2.82. The van der Waals surface area contributed by atoms with Crippen LogP contribution in [0.1, 0.15) is 43.4 Å². The molecule has 0 radical (unpaired) electrons. The number of nitrogens with one attached hydrogen (secondary N) is 1. The minimum atomic E-state index is -0.537. The monoisotopic (exact) mass is 455 g/mol. The highest BCUT2D eigenvalue weighted by Gasteiger charge is 2.06. The molecule has 3 rings (SSSR count). The van der Waals surface area contributed by atoms with E-state index in [1.54, 1.807) is 6.08 Å². The average molecular weight is 456 g/mol. The molecular formula is C29H39F2NO. The molecule has 0 atom stereocenters. The summed E-state index contributed by atoms with van der Waals surface area (Å²) in [6.07, 6.45) is 5.38. The molecule has 0 spiro atoms. The van der Waals surface area contributed by atoms with E-state index in [4.69, 9.17) is 0 Å². The van der Waals surface area contributed by atoms with Crippen LogP contribution < -0.4 is 5.32 Å². The molecule has 3 aromatic carbocycles. The zero-order valence-electron chi connectivity index (χ0n) is 20.7. The SMILES string of the molecule is C=CC.CCCCc1ccc(-c2ccccc2CO)cc1C.CNC.Fc1cccc(F)c1. The standard InChI is InChI=1S/C18H22O.C6H4F2.C3H6.C2H7N/c1-3-4-7-15-10-11-16(12-14(15)2)18-9-6-5-8-17(18)13-19;7-5-2-1-3-6(8)4-5;2*1-3-2/h5-6,8-12,19H,3-4,7,13H2,1-2H3;1-4H;3H,1H2,2H3;3H,1-2H3. The number of aliphatic hydroxyl groups is 1. The second-order valence-electron chi connectivity index (χ2n) is 7.41. The van der Waals surface area contributed by atoms with Gasteiger partial charge in [-0.1, -0.05) is 68.0 Å². The van der Waals surface area contributed by atoms with Crippen molar-refractivity contribution in [1.29, 1.82) is 0 Å². The van der Waals surface area contributed by atoms with E-state index in [1.807, 2.05) is 39.2 Å². The zero-order chi connectivity index (χ0) is 25.1. The van der Waals surface area contributed by atoms with Crippen molar-refractivity contribution in [1.82, 2.24) is 5.32 Å². The van der Waals surface area contributed by atoms with Crippen molar-refractivity contribution in [2.24, 2.45) is 0 Å². The number of rotatable bonds is 5. The molecule has 0 heterocycles. The summed E-state index contributed by atoms with van der Waals surface area (Å²) < 4.78 is 23.9. The van der Waals surface area contributed by atoms with Crippen LogP contribution in [0.2, 0.25) is 0 Å². The fraction of sp³-hybridized carbons (Fsp3) is 0.310. The summed E-state index contributed by atoms with van der Waals surface area (Å²) in [7, 11) is 3.75. The van der Waals surface area contributed by atoms with Crippen LogP contribution >= 0.6 is 0 Å². The first-order valence-electron chi connectivity index (χ1n) is 11.2. The molecule has 180 valence electrons. The first kappa shape index (κ1) is 30.2. The van der Waals surface area contributed by atoms with Crippen LogP contribution in [0.5, 0.6) is 0 Å². The van der Waals surface area contributed by atoms with Gasteiger partial charge in [0.2, 0.25) is 0 Å². The number of hydrogen-bond acceptors (Lipinski definition) is 2. The van der Waals surface area contributed by atoms with Crippen LogP contribution in [0.3, 0.4) is 0 Å². The molecule has 0 aliphatic heterocycles. The van der Waals surface area contributed by atoms with Crippen LogP contribution in [0.15, 0.2) is 79.4 Å². The van der Waals surface area contributed by atoms with Gasteiger partial charge in [-0.2, -0.15) is 0 Å². The van der Waals surface area contributed by atoms with Gasteiger partial charge in [0.25, 0.3) is 0 Å². The molecule has 2 N–H and O–H groups in total. The van der Waals surface area contributed by atoms with Crippen molar-refractivity contribution in [2.75, 3.05) is 14.1 Å². The highest BCUT2D eigenvalue weighted by molar-refractivity contribution is 5.68. The normalized spacial score (nSPS) is 9.33. The fourth-order valence-electron chi connectivity index (χ4n) is 2.91. The maximum absolute atomic E-state index is 11.9. The Bertz CT molecular complexity index is 908. The van der Waals surface area contributed by atoms with Crippen LogP contribution in [0, 0.1) is 18.6 Å². The van der Waals surface area contributed by atoms with Gasteiger partial charge in [0.05, 0.1) is 6.61 Å². The molecule has 0 saturated heterocycles. The highest BCUT2D eigenvalue weighted by Crippen LogP contribution is 2.26. The van der Waals surface area contributed by atoms with Gasteiger partial charge in [0.1, 0.15) is 11.6 Å². The molecule has 0 aliphatic rings. The third kappa shape index (κ3) is 12.7. The van der Waals surface area contributed by atoms with E-state index in [9.17, 15) is 13.9 Å². The average Bonchev–Trinajstić information content (AvgIpc) is 2.79. The lowest BCUT2D eigenvalue weighted by Crippen LogP contribution is -1.93. The van der Waals surface area contributed by atoms with Gasteiger partial charge in [-0.3, -0.25) is 0 Å². The smallest absolute Gasteiger partial charge is 0.126 e. The number of aliphatic hydroxyl groups excluding tert-OH is 1. The summed E-state index contributed by atoms with van der Waals surface area (Å²) in [6, 6.07) is 19.2. The molecule has 0 aliphatic carbocycles. The van der Waals surface area contributed by atoms with E-state index in [2.05, 4.69) is 50.0 Å². The highest BCUT2D eigenvalue weighted by atomic mass is 19.1. The van der Waals surface area contributed by atoms with Gasteiger partial charge >= 0.3 is 0 Å². The molecule has 0 saturated carbocycles. The molecule has 0 amide bonds. The molecule has 0 unspecified atom stereocenters. The number of halogens is 2. The van der Waals surface area contributed by atoms with Crippen LogP contribution in [0.25, 0.3) is 11.1 Å². The van der Waals surface area contributed by atoms with E-state index in [1.165, 1.54) is 47.7 Å². The Kier molecular flexibility index (Phi) is 17.1. The Morgan fingerprint density at radius 3 is 1.94 bits per heavy atom. The maximum Gasteiger partial charge on any atom is 0.126 e. The summed E-state index contributed by atoms with van der Waals surface area (Å²) in [5, 5.41) is 12.2. The third-order valence-corrected chi connectivity index (χ3v) is 4.43. The van der Waals surface area contributed by atoms with E-state index in [-0.39, 0.29) is 6.61 Å². The molecule has 2 nitrogen and oxygen atoms in total. The van der Waals surface area contributed by atoms with Crippen molar-refractivity contribution in [3.8, 4) is 11.1 Å². The van der Waals surface area contributed by atoms with E-state index in [0.717, 1.165) is 23.6 Å².